The Bertz CT molecular complexity index is 834. The molecule has 0 aliphatic rings. The number of hydrogen-bond donors (Lipinski definition) is 1. The number of nitrogens with one attached hydrogen (secondary N) is 1. The molecular weight excluding hydrogens is 290 g/mol. The first-order chi connectivity index (χ1) is 11.2. The molecule has 0 fully saturated rings. The second kappa shape index (κ2) is 6.52. The fourth-order valence-electron chi connectivity index (χ4n) is 2.55. The molecule has 0 spiro atoms. The lowest BCUT2D eigenvalue weighted by atomic mass is 10.1. The van der Waals surface area contributed by atoms with Gasteiger partial charge in [0.15, 0.2) is 5.82 Å². The highest BCUT2D eigenvalue weighted by Gasteiger charge is 2.08. The number of methoxy groups -OCH3 is 2. The van der Waals surface area contributed by atoms with Crippen molar-refractivity contribution in [2.75, 3.05) is 19.5 Å². The Morgan fingerprint density at radius 2 is 1.74 bits per heavy atom. The van der Waals surface area contributed by atoms with Crippen LogP contribution in [0.3, 0.4) is 0 Å². The first-order valence-electron chi connectivity index (χ1n) is 7.39. The van der Waals surface area contributed by atoms with Gasteiger partial charge in [0, 0.05) is 28.9 Å². The van der Waals surface area contributed by atoms with E-state index in [4.69, 9.17) is 9.47 Å². The van der Waals surface area contributed by atoms with Crippen molar-refractivity contribution in [3.8, 4) is 11.5 Å². The van der Waals surface area contributed by atoms with E-state index in [9.17, 15) is 0 Å². The van der Waals surface area contributed by atoms with Gasteiger partial charge in [0.25, 0.3) is 0 Å². The average Bonchev–Trinajstić information content (AvgIpc) is 2.61. The minimum atomic E-state index is 0.592. The normalized spacial score (nSPS) is 10.6. The van der Waals surface area contributed by atoms with Gasteiger partial charge in [-0.05, 0) is 19.1 Å². The quantitative estimate of drug-likeness (QED) is 0.781. The Morgan fingerprint density at radius 1 is 0.957 bits per heavy atom. The minimum Gasteiger partial charge on any atom is -0.497 e. The molecule has 0 bridgehead atoms. The Balaban J connectivity index is 1.88. The lowest BCUT2D eigenvalue weighted by Gasteiger charge is -2.13. The van der Waals surface area contributed by atoms with E-state index in [2.05, 4.69) is 21.6 Å². The summed E-state index contributed by atoms with van der Waals surface area (Å²) in [5.74, 6) is 2.32. The number of hydrogen-bond acceptors (Lipinski definition) is 5. The molecule has 3 aromatic rings. The number of ether oxygens (including phenoxy) is 2. The lowest BCUT2D eigenvalue weighted by molar-refractivity contribution is 0.391. The molecule has 0 radical (unpaired) electrons. The van der Waals surface area contributed by atoms with Crippen LogP contribution in [0.15, 0.2) is 42.5 Å². The molecule has 0 atom stereocenters. The predicted molar refractivity (Wildman–Crippen MR) is 91.1 cm³/mol. The second-order valence-electron chi connectivity index (χ2n) is 5.21. The van der Waals surface area contributed by atoms with E-state index in [0.717, 1.165) is 39.3 Å². The maximum absolute atomic E-state index is 5.43. The zero-order valence-electron chi connectivity index (χ0n) is 13.5. The zero-order valence-corrected chi connectivity index (χ0v) is 13.5. The predicted octanol–water partition coefficient (Wildman–Crippen LogP) is 3.57. The van der Waals surface area contributed by atoms with Gasteiger partial charge in [-0.2, -0.15) is 5.10 Å². The van der Waals surface area contributed by atoms with Crippen LogP contribution in [-0.4, -0.2) is 24.4 Å². The van der Waals surface area contributed by atoms with Crippen LogP contribution in [0.2, 0.25) is 0 Å². The van der Waals surface area contributed by atoms with Crippen LogP contribution >= 0.6 is 0 Å². The number of rotatable bonds is 5. The number of benzene rings is 2. The van der Waals surface area contributed by atoms with Crippen LogP contribution in [0, 0.1) is 6.92 Å². The summed E-state index contributed by atoms with van der Waals surface area (Å²) < 4.78 is 10.6. The molecule has 0 aliphatic carbocycles. The van der Waals surface area contributed by atoms with Gasteiger partial charge in [-0.25, -0.2) is 0 Å². The summed E-state index contributed by atoms with van der Waals surface area (Å²) in [6, 6.07) is 13.9. The fourth-order valence-corrected chi connectivity index (χ4v) is 2.55. The van der Waals surface area contributed by atoms with Gasteiger partial charge < -0.3 is 14.8 Å². The van der Waals surface area contributed by atoms with Gasteiger partial charge in [-0.15, -0.1) is 5.10 Å². The van der Waals surface area contributed by atoms with Gasteiger partial charge in [0.05, 0.1) is 19.9 Å². The molecular formula is C18H19N3O2. The number of nitrogens with zero attached hydrogens (tertiary/aromatic N) is 2. The molecule has 1 N–H and O–H groups in total. The number of anilines is 1. The average molecular weight is 309 g/mol. The van der Waals surface area contributed by atoms with Crippen molar-refractivity contribution < 1.29 is 9.47 Å². The first kappa shape index (κ1) is 15.1. The highest BCUT2D eigenvalue weighted by Crippen LogP contribution is 2.27. The van der Waals surface area contributed by atoms with Gasteiger partial charge in [-0.1, -0.05) is 24.3 Å². The SMILES string of the molecule is COc1ccc(CNc2nnc(C)c3ccccc23)c(OC)c1. The molecule has 1 aromatic heterocycles. The molecule has 3 rings (SSSR count). The van der Waals surface area contributed by atoms with Crippen LogP contribution in [0.4, 0.5) is 5.82 Å². The molecule has 5 nitrogen and oxygen atoms in total. The van der Waals surface area contributed by atoms with Gasteiger partial charge in [0.1, 0.15) is 11.5 Å². The maximum Gasteiger partial charge on any atom is 0.156 e. The third-order valence-corrected chi connectivity index (χ3v) is 3.81. The highest BCUT2D eigenvalue weighted by molar-refractivity contribution is 5.92. The molecule has 5 heteroatoms. The van der Waals surface area contributed by atoms with Crippen molar-refractivity contribution in [3.05, 3.63) is 53.7 Å². The smallest absolute Gasteiger partial charge is 0.156 e. The molecule has 0 saturated carbocycles. The summed E-state index contributed by atoms with van der Waals surface area (Å²) in [6.45, 7) is 2.56. The van der Waals surface area contributed by atoms with Crippen LogP contribution in [0.5, 0.6) is 11.5 Å². The van der Waals surface area contributed by atoms with E-state index in [1.54, 1.807) is 14.2 Å². The Morgan fingerprint density at radius 3 is 2.48 bits per heavy atom. The zero-order chi connectivity index (χ0) is 16.2. The van der Waals surface area contributed by atoms with Crippen LogP contribution in [0.25, 0.3) is 10.8 Å². The number of aromatic nitrogens is 2. The molecule has 0 saturated heterocycles. The van der Waals surface area contributed by atoms with Gasteiger partial charge in [0.2, 0.25) is 0 Å². The lowest BCUT2D eigenvalue weighted by Crippen LogP contribution is -2.05. The summed E-state index contributed by atoms with van der Waals surface area (Å²) >= 11 is 0. The molecule has 1 heterocycles. The second-order valence-corrected chi connectivity index (χ2v) is 5.21. The molecule has 23 heavy (non-hydrogen) atoms. The standard InChI is InChI=1S/C18H19N3O2/c1-12-15-6-4-5-7-16(15)18(21-20-12)19-11-13-8-9-14(22-2)10-17(13)23-3/h4-10H,11H2,1-3H3,(H,19,21). The molecule has 0 unspecified atom stereocenters. The van der Waals surface area contributed by atoms with Gasteiger partial charge in [-0.3, -0.25) is 0 Å². The topological polar surface area (TPSA) is 56.3 Å². The summed E-state index contributed by atoms with van der Waals surface area (Å²) in [6.07, 6.45) is 0. The summed E-state index contributed by atoms with van der Waals surface area (Å²) in [5.41, 5.74) is 1.95. The van der Waals surface area contributed by atoms with Crippen molar-refractivity contribution >= 4 is 16.6 Å². The maximum atomic E-state index is 5.43. The number of fused-ring (bicyclic) bond motifs is 1. The van der Waals surface area contributed by atoms with E-state index in [-0.39, 0.29) is 0 Å². The first-order valence-corrected chi connectivity index (χ1v) is 7.39. The van der Waals surface area contributed by atoms with E-state index in [0.29, 0.717) is 6.54 Å². The van der Waals surface area contributed by atoms with E-state index in [1.807, 2.05) is 43.3 Å². The largest absolute Gasteiger partial charge is 0.497 e. The summed E-state index contributed by atoms with van der Waals surface area (Å²) in [5, 5.41) is 14.0. The number of aryl methyl sites for hydroxylation is 1. The monoisotopic (exact) mass is 309 g/mol. The fraction of sp³-hybridized carbons (Fsp3) is 0.222. The third-order valence-electron chi connectivity index (χ3n) is 3.81. The van der Waals surface area contributed by atoms with Crippen molar-refractivity contribution in [2.45, 2.75) is 13.5 Å². The van der Waals surface area contributed by atoms with E-state index >= 15 is 0 Å². The van der Waals surface area contributed by atoms with E-state index < -0.39 is 0 Å². The molecule has 0 amide bonds. The van der Waals surface area contributed by atoms with Crippen molar-refractivity contribution in [1.82, 2.24) is 10.2 Å². The Labute approximate surface area is 135 Å². The molecule has 118 valence electrons. The van der Waals surface area contributed by atoms with Crippen LogP contribution in [0.1, 0.15) is 11.3 Å². The Hall–Kier alpha value is -2.82. The van der Waals surface area contributed by atoms with Crippen molar-refractivity contribution in [1.29, 1.82) is 0 Å². The summed E-state index contributed by atoms with van der Waals surface area (Å²) in [4.78, 5) is 0. The van der Waals surface area contributed by atoms with Crippen LogP contribution < -0.4 is 14.8 Å². The summed E-state index contributed by atoms with van der Waals surface area (Å²) in [7, 11) is 3.29. The third kappa shape index (κ3) is 3.04. The van der Waals surface area contributed by atoms with Crippen molar-refractivity contribution in [3.63, 3.8) is 0 Å². The van der Waals surface area contributed by atoms with Crippen LogP contribution in [-0.2, 0) is 6.54 Å². The van der Waals surface area contributed by atoms with Crippen molar-refractivity contribution in [2.24, 2.45) is 0 Å². The molecule has 0 aliphatic heterocycles. The molecule has 2 aromatic carbocycles. The Kier molecular flexibility index (Phi) is 4.28. The van der Waals surface area contributed by atoms with E-state index in [1.165, 1.54) is 0 Å². The minimum absolute atomic E-state index is 0.592. The highest BCUT2D eigenvalue weighted by atomic mass is 16.5. The van der Waals surface area contributed by atoms with Gasteiger partial charge >= 0.3 is 0 Å².